The highest BCUT2D eigenvalue weighted by molar-refractivity contribution is 6.47. The number of hydrogen-bond donors (Lipinski definition) is 0. The van der Waals surface area contributed by atoms with Crippen molar-refractivity contribution in [3.8, 4) is 0 Å². The van der Waals surface area contributed by atoms with E-state index in [4.69, 9.17) is 0 Å². The zero-order chi connectivity index (χ0) is 99.6. The Bertz CT molecular complexity index is 8700. The van der Waals surface area contributed by atoms with Gasteiger partial charge in [-0.1, -0.05) is 36.4 Å². The van der Waals surface area contributed by atoms with Crippen LogP contribution < -0.4 is 29.4 Å². The Labute approximate surface area is 820 Å². The van der Waals surface area contributed by atoms with E-state index in [1.807, 2.05) is 36.4 Å². The molecule has 16 amide bonds. The van der Waals surface area contributed by atoms with Gasteiger partial charge in [-0.3, -0.25) is 126 Å². The van der Waals surface area contributed by atoms with Gasteiger partial charge < -0.3 is 0 Å². The number of carbonyl (C=O) groups is 16. The van der Waals surface area contributed by atoms with Crippen molar-refractivity contribution >= 4 is 215 Å². The fourth-order valence-corrected chi connectivity index (χ4v) is 20.6. The molecule has 8 aliphatic heterocycles. The van der Waals surface area contributed by atoms with Crippen LogP contribution in [0.15, 0.2) is 341 Å². The molecule has 146 heavy (non-hydrogen) atoms. The molecule has 692 valence electrons. The lowest BCUT2D eigenvalue weighted by Crippen LogP contribution is -2.43. The molecule has 28 rings (SSSR count). The molecule has 0 N–H and O–H groups in total. The average Bonchev–Trinajstić information content (AvgIpc) is 0.744. The van der Waals surface area contributed by atoms with Crippen LogP contribution in [0.1, 0.15) is 177 Å². The van der Waals surface area contributed by atoms with Gasteiger partial charge >= 0.3 is 0 Å². The quantitative estimate of drug-likeness (QED) is 0.115. The molecule has 0 saturated heterocycles. The number of imide groups is 8. The van der Waals surface area contributed by atoms with E-state index in [1.165, 1.54) is 49.1 Å². The summed E-state index contributed by atoms with van der Waals surface area (Å²) in [6.45, 7) is 0.152. The van der Waals surface area contributed by atoms with Gasteiger partial charge in [0.15, 0.2) is 0 Å². The van der Waals surface area contributed by atoms with Gasteiger partial charge in [-0.25, -0.2) is 29.4 Å². The first kappa shape index (κ1) is 86.6. The highest BCUT2D eigenvalue weighted by atomic mass is 16.2. The molecular weight excluding hydrogens is 1850 g/mol. The Balaban J connectivity index is 0.000000102. The topological polar surface area (TPSA) is 402 Å². The third-order valence-corrected chi connectivity index (χ3v) is 27.1. The minimum atomic E-state index is -0.528. The maximum Gasteiger partial charge on any atom is 0.266 e. The second-order valence-corrected chi connectivity index (χ2v) is 34.9. The van der Waals surface area contributed by atoms with E-state index in [-0.39, 0.29) is 79.9 Å². The predicted octanol–water partition coefficient (Wildman–Crippen LogP) is 17.5. The first-order valence-corrected chi connectivity index (χ1v) is 45.6. The van der Waals surface area contributed by atoms with Crippen molar-refractivity contribution in [2.75, 3.05) is 29.4 Å². The summed E-state index contributed by atoms with van der Waals surface area (Å²) in [6.07, 6.45) is 19.1. The minimum absolute atomic E-state index is 0.0761. The van der Waals surface area contributed by atoms with E-state index >= 15 is 0 Å². The third-order valence-electron chi connectivity index (χ3n) is 27.1. The number of carbonyl (C=O) groups excluding carboxylic acids is 16. The lowest BCUT2D eigenvalue weighted by Gasteiger charge is -2.32. The van der Waals surface area contributed by atoms with Crippen LogP contribution >= 0.6 is 0 Å². The maximum absolute atomic E-state index is 13.9. The monoisotopic (exact) mass is 1910 g/mol. The first-order chi connectivity index (χ1) is 71.2. The highest BCUT2D eigenvalue weighted by Crippen LogP contribution is 2.48. The van der Waals surface area contributed by atoms with Crippen LogP contribution in [0.5, 0.6) is 0 Å². The number of fused-ring (bicyclic) bond motifs is 4. The number of nitrogens with zero attached hydrogens (tertiary/aromatic N) is 16. The molecule has 0 spiro atoms. The van der Waals surface area contributed by atoms with Gasteiger partial charge in [0.25, 0.3) is 94.5 Å². The lowest BCUT2D eigenvalue weighted by molar-refractivity contribution is 0.0577. The smallest absolute Gasteiger partial charge is 0.266 e. The zero-order valence-electron chi connectivity index (χ0n) is 75.4. The summed E-state index contributed by atoms with van der Waals surface area (Å²) in [4.78, 5) is 259. The predicted molar refractivity (Wildman–Crippen MR) is 535 cm³/mol. The van der Waals surface area contributed by atoms with E-state index in [0.717, 1.165) is 72.1 Å². The van der Waals surface area contributed by atoms with Crippen molar-refractivity contribution in [3.63, 3.8) is 0 Å². The summed E-state index contributed by atoms with van der Waals surface area (Å²) in [5, 5.41) is 5.56. The van der Waals surface area contributed by atoms with Crippen molar-refractivity contribution in [2.24, 2.45) is 0 Å². The molecule has 32 nitrogen and oxygen atoms in total. The van der Waals surface area contributed by atoms with E-state index in [0.29, 0.717) is 121 Å². The molecule has 0 bridgehead atoms. The summed E-state index contributed by atoms with van der Waals surface area (Å²) in [5.74, 6) is -8.15. The van der Waals surface area contributed by atoms with Gasteiger partial charge in [0, 0.05) is 228 Å². The molecule has 16 heterocycles. The molecule has 32 heteroatoms. The van der Waals surface area contributed by atoms with Crippen LogP contribution in [0.3, 0.4) is 0 Å². The lowest BCUT2D eigenvalue weighted by atomic mass is 9.85. The number of hydrogen-bond acceptors (Lipinski definition) is 24. The number of amides is 16. The normalized spacial score (nSPS) is 14.7. The van der Waals surface area contributed by atoms with Crippen LogP contribution in [-0.4, -0.2) is 144 Å². The second-order valence-electron chi connectivity index (χ2n) is 34.9. The molecular formula is C114H60N16O16. The van der Waals surface area contributed by atoms with E-state index in [2.05, 4.69) is 39.9 Å². The molecule has 12 aromatic carbocycles. The van der Waals surface area contributed by atoms with Crippen molar-refractivity contribution in [3.05, 3.63) is 441 Å². The summed E-state index contributed by atoms with van der Waals surface area (Å²) in [7, 11) is 0. The highest BCUT2D eigenvalue weighted by Gasteiger charge is 2.48. The average molecular weight is 1910 g/mol. The number of pyridine rings is 8. The molecule has 0 fully saturated rings. The van der Waals surface area contributed by atoms with Crippen LogP contribution in [-0.2, 0) is 13.1 Å². The van der Waals surface area contributed by atoms with Gasteiger partial charge in [0.1, 0.15) is 0 Å². The van der Waals surface area contributed by atoms with E-state index in [1.54, 1.807) is 256 Å². The van der Waals surface area contributed by atoms with Gasteiger partial charge in [0.05, 0.1) is 69.3 Å². The van der Waals surface area contributed by atoms with E-state index < -0.39 is 94.5 Å². The van der Waals surface area contributed by atoms with E-state index in [9.17, 15) is 76.7 Å². The van der Waals surface area contributed by atoms with Crippen LogP contribution in [0.2, 0.25) is 0 Å². The van der Waals surface area contributed by atoms with Gasteiger partial charge in [0.2, 0.25) is 0 Å². The molecule has 8 aliphatic rings. The first-order valence-electron chi connectivity index (χ1n) is 45.6. The third kappa shape index (κ3) is 13.2. The Kier molecular flexibility index (Phi) is 19.8. The molecule has 0 radical (unpaired) electrons. The zero-order valence-corrected chi connectivity index (χ0v) is 75.4. The summed E-state index contributed by atoms with van der Waals surface area (Å²) in [6, 6.07) is 73.5. The van der Waals surface area contributed by atoms with Crippen molar-refractivity contribution in [2.45, 2.75) is 13.1 Å². The molecule has 8 aromatic heterocycles. The summed E-state index contributed by atoms with van der Waals surface area (Å²) in [5.41, 5.74) is 10.9. The molecule has 0 aliphatic carbocycles. The SMILES string of the molecule is O=C1c2ccc3c4c(ccc(c24)C(=O)N1Cc1cccnc1)C(=O)N(Cc1cccnc1)C3=O.O=C1c2ccc3c4c(ccc(c24)C(=O)N1c1ccc2ncccc2c1)C(=O)N(c1ccc2ncccc2c1)C3=O.O=C1c2ccc3c4c(ccc(c24)C(=O)N1c1cccc2ncccc12)C(=O)N(c1cccc2ncccc12)C3=O.O=C1c2ccc3c4c(ccc(c24)C(=O)N1c1ccncc1)C(=O)N(c1ccncc1)C3=O. The standard InChI is InChI=1S/2C32H16N4O4.C26H16N4O4.C24H12N4O4/c37-29-19-11-13-21-28-22(32(40)36(31(21)39)26-10-2-8-24-18(26)6-4-16-34-24)14-12-20(27(19)28)30(38)35(29)25-9-1-7-23-17(25)5-3-15-33-23;37-29-21-7-9-23-28-24(32(40)36(31(23)39)20-6-12-26-18(16-20)4-2-14-34-26)10-8-22(27(21)28)30(38)35(29)19-5-11-25-17(15-19)3-1-13-33-25;31-23-17-5-7-19-22-20(26(34)30(25(19)33)14-16-4-2-10-28-12-16)8-6-18(21(17)22)24(32)29(23)13-15-3-1-9-27-11-15;29-21-15-1-2-16-20-18(24(32)28(22(16)30)14-7-11-26-12-8-14)4-3-17(19(15)20)23(31)27(21)13-5-9-25-10-6-13/h2*1-16H;1-12H,13-14H2;1-12H. The number of anilines is 6. The van der Waals surface area contributed by atoms with Crippen LogP contribution in [0, 0.1) is 0 Å². The fraction of sp³-hybridized carbons (Fsp3) is 0.0175. The molecule has 20 aromatic rings. The molecule has 0 atom stereocenters. The number of benzene rings is 12. The van der Waals surface area contributed by atoms with Crippen molar-refractivity contribution in [1.29, 1.82) is 0 Å². The minimum Gasteiger partial charge on any atom is -0.270 e. The number of rotatable bonds is 10. The summed E-state index contributed by atoms with van der Waals surface area (Å²) < 4.78 is 0. The maximum atomic E-state index is 13.9. The van der Waals surface area contributed by atoms with Crippen LogP contribution in [0.25, 0.3) is 86.7 Å². The van der Waals surface area contributed by atoms with Crippen LogP contribution in [0.4, 0.5) is 34.1 Å². The van der Waals surface area contributed by atoms with Gasteiger partial charge in [-0.2, -0.15) is 0 Å². The largest absolute Gasteiger partial charge is 0.270 e. The second kappa shape index (κ2) is 33.4. The van der Waals surface area contributed by atoms with Crippen molar-refractivity contribution < 1.29 is 76.7 Å². The Hall–Kier alpha value is -21.0. The fourth-order valence-electron chi connectivity index (χ4n) is 20.6. The van der Waals surface area contributed by atoms with Gasteiger partial charge in [-0.15, -0.1) is 0 Å². The Morgan fingerprint density at radius 3 is 0.685 bits per heavy atom. The molecule has 0 unspecified atom stereocenters. The Morgan fingerprint density at radius 1 is 0.178 bits per heavy atom. The van der Waals surface area contributed by atoms with Crippen molar-refractivity contribution in [1.82, 2.24) is 49.7 Å². The Morgan fingerprint density at radius 2 is 0.418 bits per heavy atom. The molecule has 0 saturated carbocycles. The summed E-state index contributed by atoms with van der Waals surface area (Å²) >= 11 is 0. The van der Waals surface area contributed by atoms with Gasteiger partial charge in [-0.05, 0) is 242 Å². The number of aromatic nitrogens is 8.